The Hall–Kier alpha value is -2.36. The molecule has 1 fully saturated rings. The lowest BCUT2D eigenvalue weighted by molar-refractivity contribution is -0.113. The van der Waals surface area contributed by atoms with E-state index in [1.165, 1.54) is 0 Å². The van der Waals surface area contributed by atoms with Crippen molar-refractivity contribution in [2.75, 3.05) is 31.3 Å². The molecular formula is C27H31ClN4O3S. The van der Waals surface area contributed by atoms with Gasteiger partial charge in [0.05, 0.1) is 30.2 Å². The fourth-order valence-corrected chi connectivity index (χ4v) is 6.18. The molecule has 2 aliphatic heterocycles. The lowest BCUT2D eigenvalue weighted by Crippen LogP contribution is -2.44. The second kappa shape index (κ2) is 11.4. The van der Waals surface area contributed by atoms with Gasteiger partial charge in [-0.2, -0.15) is 0 Å². The number of thioether (sulfide) groups is 1. The number of amides is 1. The number of ether oxygens (including phenoxy) is 1. The molecule has 1 aromatic heterocycles. The molecule has 3 heterocycles. The second-order valence-corrected chi connectivity index (χ2v) is 10.8. The Labute approximate surface area is 220 Å². The maximum Gasteiger partial charge on any atom is 0.234 e. The Morgan fingerprint density at radius 1 is 1.28 bits per heavy atom. The first-order valence-electron chi connectivity index (χ1n) is 12.3. The van der Waals surface area contributed by atoms with Gasteiger partial charge >= 0.3 is 0 Å². The Morgan fingerprint density at radius 3 is 2.94 bits per heavy atom. The molecule has 3 unspecified atom stereocenters. The number of methoxy groups -OCH3 is 1. The number of fused-ring (bicyclic) bond motifs is 2. The van der Waals surface area contributed by atoms with Crippen LogP contribution in [0.25, 0.3) is 10.9 Å². The largest absolute Gasteiger partial charge is 0.481 e. The number of aliphatic hydroxyl groups is 1. The summed E-state index contributed by atoms with van der Waals surface area (Å²) in [5.41, 5.74) is 3.26. The van der Waals surface area contributed by atoms with Crippen molar-refractivity contribution in [3.05, 3.63) is 58.6 Å². The van der Waals surface area contributed by atoms with Gasteiger partial charge in [0.2, 0.25) is 11.8 Å². The van der Waals surface area contributed by atoms with Crippen molar-refractivity contribution in [3.8, 4) is 5.88 Å². The molecule has 2 aliphatic rings. The van der Waals surface area contributed by atoms with Gasteiger partial charge in [0, 0.05) is 39.5 Å². The number of hydrogen-bond acceptors (Lipinski definition) is 7. The molecule has 4 N–H and O–H groups in total. The predicted molar refractivity (Wildman–Crippen MR) is 145 cm³/mol. The van der Waals surface area contributed by atoms with Gasteiger partial charge in [-0.3, -0.25) is 4.79 Å². The third kappa shape index (κ3) is 5.63. The summed E-state index contributed by atoms with van der Waals surface area (Å²) in [6, 6.07) is 13.7. The molecule has 190 valence electrons. The summed E-state index contributed by atoms with van der Waals surface area (Å²) in [6.45, 7) is 2.56. The van der Waals surface area contributed by atoms with Crippen molar-refractivity contribution >= 4 is 45.9 Å². The number of halogens is 1. The van der Waals surface area contributed by atoms with Crippen molar-refractivity contribution in [2.24, 2.45) is 5.92 Å². The number of hydrogen-bond donors (Lipinski definition) is 4. The number of carbonyl (C=O) groups excluding carboxylic acids is 1. The molecule has 0 bridgehead atoms. The quantitative estimate of drug-likeness (QED) is 0.342. The number of carbonyl (C=O) groups is 1. The molecule has 0 aliphatic carbocycles. The van der Waals surface area contributed by atoms with Crippen LogP contribution in [0.1, 0.15) is 36.5 Å². The number of benzene rings is 2. The maximum absolute atomic E-state index is 11.8. The number of aromatic nitrogens is 1. The summed E-state index contributed by atoms with van der Waals surface area (Å²) >= 11 is 8.17. The number of pyridine rings is 1. The van der Waals surface area contributed by atoms with E-state index in [1.54, 1.807) is 18.9 Å². The summed E-state index contributed by atoms with van der Waals surface area (Å²) in [5, 5.41) is 23.1. The SMILES string of the molecule is COc1ccc2ccc(Cl)c(C(O)CC(NCc3ccc4c(c3)NC(=O)CS4)C3CCCNC3)c2n1. The highest BCUT2D eigenvalue weighted by molar-refractivity contribution is 8.00. The zero-order chi connectivity index (χ0) is 25.1. The Bertz CT molecular complexity index is 1250. The van der Waals surface area contributed by atoms with E-state index in [1.807, 2.05) is 30.3 Å². The van der Waals surface area contributed by atoms with Crippen LogP contribution in [-0.4, -0.2) is 48.0 Å². The molecular weight excluding hydrogens is 496 g/mol. The fourth-order valence-electron chi connectivity index (χ4n) is 5.11. The minimum absolute atomic E-state index is 0.0316. The molecule has 0 radical (unpaired) electrons. The molecule has 3 aromatic rings. The van der Waals surface area contributed by atoms with Crippen LogP contribution in [0.15, 0.2) is 47.4 Å². The molecule has 3 atom stereocenters. The molecule has 36 heavy (non-hydrogen) atoms. The highest BCUT2D eigenvalue weighted by Gasteiger charge is 2.28. The van der Waals surface area contributed by atoms with E-state index in [9.17, 15) is 9.90 Å². The van der Waals surface area contributed by atoms with Gasteiger partial charge in [0.25, 0.3) is 0 Å². The summed E-state index contributed by atoms with van der Waals surface area (Å²) in [7, 11) is 1.58. The number of nitrogens with one attached hydrogen (secondary N) is 3. The zero-order valence-electron chi connectivity index (χ0n) is 20.2. The summed E-state index contributed by atoms with van der Waals surface area (Å²) in [5.74, 6) is 1.35. The van der Waals surface area contributed by atoms with Crippen LogP contribution in [0.4, 0.5) is 5.69 Å². The monoisotopic (exact) mass is 526 g/mol. The van der Waals surface area contributed by atoms with Gasteiger partial charge in [0.1, 0.15) is 0 Å². The van der Waals surface area contributed by atoms with Crippen LogP contribution in [0.3, 0.4) is 0 Å². The molecule has 9 heteroatoms. The lowest BCUT2D eigenvalue weighted by Gasteiger charge is -2.33. The lowest BCUT2D eigenvalue weighted by atomic mass is 9.86. The van der Waals surface area contributed by atoms with Gasteiger partial charge < -0.3 is 25.8 Å². The first kappa shape index (κ1) is 25.3. The number of aliphatic hydroxyl groups excluding tert-OH is 1. The van der Waals surface area contributed by atoms with E-state index in [-0.39, 0.29) is 11.9 Å². The van der Waals surface area contributed by atoms with E-state index in [0.29, 0.717) is 46.6 Å². The summed E-state index contributed by atoms with van der Waals surface area (Å²) < 4.78 is 5.32. The molecule has 0 spiro atoms. The molecule has 2 aromatic carbocycles. The van der Waals surface area contributed by atoms with Crippen molar-refractivity contribution in [1.82, 2.24) is 15.6 Å². The second-order valence-electron chi connectivity index (χ2n) is 9.40. The van der Waals surface area contributed by atoms with Gasteiger partial charge in [0.15, 0.2) is 0 Å². The highest BCUT2D eigenvalue weighted by Crippen LogP contribution is 2.35. The topological polar surface area (TPSA) is 95.5 Å². The van der Waals surface area contributed by atoms with Crippen LogP contribution in [0.5, 0.6) is 5.88 Å². The van der Waals surface area contributed by atoms with Crippen LogP contribution in [0.2, 0.25) is 5.02 Å². The Balaban J connectivity index is 1.37. The predicted octanol–water partition coefficient (Wildman–Crippen LogP) is 4.52. The molecule has 1 amide bonds. The van der Waals surface area contributed by atoms with Crippen molar-refractivity contribution < 1.29 is 14.6 Å². The first-order valence-corrected chi connectivity index (χ1v) is 13.7. The molecule has 7 nitrogen and oxygen atoms in total. The Morgan fingerprint density at radius 2 is 2.14 bits per heavy atom. The normalized spacial score (nSPS) is 19.4. The van der Waals surface area contributed by atoms with Gasteiger partial charge in [-0.05, 0) is 68.1 Å². The zero-order valence-corrected chi connectivity index (χ0v) is 21.8. The molecule has 1 saturated heterocycles. The smallest absolute Gasteiger partial charge is 0.234 e. The average Bonchev–Trinajstić information content (AvgIpc) is 2.90. The van der Waals surface area contributed by atoms with Crippen molar-refractivity contribution in [1.29, 1.82) is 0 Å². The maximum atomic E-state index is 11.8. The minimum Gasteiger partial charge on any atom is -0.481 e. The number of anilines is 1. The molecule has 5 rings (SSSR count). The fraction of sp³-hybridized carbons (Fsp3) is 0.407. The number of rotatable bonds is 8. The van der Waals surface area contributed by atoms with E-state index in [4.69, 9.17) is 16.3 Å². The average molecular weight is 527 g/mol. The number of nitrogens with zero attached hydrogens (tertiary/aromatic N) is 1. The first-order chi connectivity index (χ1) is 17.5. The van der Waals surface area contributed by atoms with E-state index >= 15 is 0 Å². The van der Waals surface area contributed by atoms with Crippen LogP contribution < -0.4 is 20.7 Å². The summed E-state index contributed by atoms with van der Waals surface area (Å²) in [4.78, 5) is 17.5. The van der Waals surface area contributed by atoms with Gasteiger partial charge in [-0.15, -0.1) is 11.8 Å². The summed E-state index contributed by atoms with van der Waals surface area (Å²) in [6.07, 6.45) is 1.90. The Kier molecular flexibility index (Phi) is 7.98. The third-order valence-corrected chi connectivity index (χ3v) is 8.39. The highest BCUT2D eigenvalue weighted by atomic mass is 35.5. The van der Waals surface area contributed by atoms with Crippen LogP contribution >= 0.6 is 23.4 Å². The van der Waals surface area contributed by atoms with Crippen LogP contribution in [-0.2, 0) is 11.3 Å². The minimum atomic E-state index is -0.792. The van der Waals surface area contributed by atoms with Gasteiger partial charge in [-0.1, -0.05) is 23.7 Å². The number of piperidine rings is 1. The van der Waals surface area contributed by atoms with Crippen LogP contribution in [0, 0.1) is 5.92 Å². The van der Waals surface area contributed by atoms with E-state index in [2.05, 4.69) is 33.1 Å². The van der Waals surface area contributed by atoms with Crippen molar-refractivity contribution in [3.63, 3.8) is 0 Å². The van der Waals surface area contributed by atoms with Crippen molar-refractivity contribution in [2.45, 2.75) is 42.8 Å². The molecule has 0 saturated carbocycles. The van der Waals surface area contributed by atoms with Gasteiger partial charge in [-0.25, -0.2) is 4.98 Å². The third-order valence-electron chi connectivity index (χ3n) is 6.99. The standard InChI is InChI=1S/C27H31ClN4O3S/c1-35-25-9-6-17-5-7-19(28)26(27(17)32-25)22(33)12-20(18-3-2-10-29-14-18)30-13-16-4-8-23-21(11-16)31-24(34)15-36-23/h4-9,11,18,20,22,29-30,33H,2-3,10,12-15H2,1H3,(H,31,34). The van der Waals surface area contributed by atoms with E-state index < -0.39 is 6.10 Å². The van der Waals surface area contributed by atoms with E-state index in [0.717, 1.165) is 47.5 Å².